The summed E-state index contributed by atoms with van der Waals surface area (Å²) in [6, 6.07) is 12.7. The number of ether oxygens (including phenoxy) is 1. The fourth-order valence-electron chi connectivity index (χ4n) is 6.95. The number of aromatic nitrogens is 3. The van der Waals surface area contributed by atoms with Gasteiger partial charge in [0, 0.05) is 69.1 Å². The van der Waals surface area contributed by atoms with Gasteiger partial charge in [0.1, 0.15) is 11.3 Å². The number of para-hydroxylation sites is 1. The molecule has 2 aromatic carbocycles. The summed E-state index contributed by atoms with van der Waals surface area (Å²) in [6.07, 6.45) is 4.32. The number of amides is 2. The molecule has 2 aliphatic heterocycles. The second-order valence-corrected chi connectivity index (χ2v) is 12.7. The van der Waals surface area contributed by atoms with E-state index in [9.17, 15) is 9.59 Å². The van der Waals surface area contributed by atoms with Crippen molar-refractivity contribution in [3.63, 3.8) is 0 Å². The van der Waals surface area contributed by atoms with Crippen molar-refractivity contribution >= 4 is 33.8 Å². The lowest BCUT2D eigenvalue weighted by Gasteiger charge is -2.39. The molecule has 2 atom stereocenters. The van der Waals surface area contributed by atoms with E-state index in [0.717, 1.165) is 55.0 Å². The number of piperidine rings is 1. The highest BCUT2D eigenvalue weighted by molar-refractivity contribution is 6.00. The van der Waals surface area contributed by atoms with E-state index in [1.807, 2.05) is 29.0 Å². The Hall–Kier alpha value is -3.85. The standard InChI is InChI=1S/C33H40N6O3/c1-19-8-11-25(34)18-38(19)33(41)23-12-27-31(29(14-23)42-4)36(3)32(35-27)28-13-22-6-5-7-26(24-16-37(17-24)20(2)40)30(22)39(28)15-21-9-10-21/h5-7,12-14,19,21,24-25H,8-11,15-18,34H2,1-4H3/t19-,25+/m0/s1. The summed E-state index contributed by atoms with van der Waals surface area (Å²) < 4.78 is 10.4. The van der Waals surface area contributed by atoms with E-state index in [1.165, 1.54) is 29.3 Å². The molecule has 9 nitrogen and oxygen atoms in total. The van der Waals surface area contributed by atoms with Gasteiger partial charge in [-0.15, -0.1) is 0 Å². The second-order valence-electron chi connectivity index (χ2n) is 12.7. The smallest absolute Gasteiger partial charge is 0.254 e. The summed E-state index contributed by atoms with van der Waals surface area (Å²) in [6.45, 7) is 6.76. The van der Waals surface area contributed by atoms with Crippen LogP contribution in [-0.2, 0) is 18.4 Å². The minimum absolute atomic E-state index is 0.000905. The van der Waals surface area contributed by atoms with Crippen molar-refractivity contribution in [1.82, 2.24) is 23.9 Å². The van der Waals surface area contributed by atoms with Crippen molar-refractivity contribution in [1.29, 1.82) is 0 Å². The van der Waals surface area contributed by atoms with Gasteiger partial charge in [-0.3, -0.25) is 9.59 Å². The molecule has 7 rings (SSSR count). The van der Waals surface area contributed by atoms with E-state index >= 15 is 0 Å². The van der Waals surface area contributed by atoms with Gasteiger partial charge in [-0.2, -0.15) is 0 Å². The number of fused-ring (bicyclic) bond motifs is 2. The number of methoxy groups -OCH3 is 1. The molecule has 2 amide bonds. The van der Waals surface area contributed by atoms with Crippen LogP contribution in [0.1, 0.15) is 61.4 Å². The predicted molar refractivity (Wildman–Crippen MR) is 164 cm³/mol. The number of nitrogens with two attached hydrogens (primary N) is 1. The Morgan fingerprint density at radius 3 is 2.55 bits per heavy atom. The minimum atomic E-state index is -0.0300. The Balaban J connectivity index is 1.34. The van der Waals surface area contributed by atoms with Crippen molar-refractivity contribution < 1.29 is 14.3 Å². The lowest BCUT2D eigenvalue weighted by Crippen LogP contribution is -2.50. The summed E-state index contributed by atoms with van der Waals surface area (Å²) >= 11 is 0. The highest BCUT2D eigenvalue weighted by Crippen LogP contribution is 2.41. The van der Waals surface area contributed by atoms with Crippen LogP contribution in [0.5, 0.6) is 5.75 Å². The van der Waals surface area contributed by atoms with Crippen molar-refractivity contribution in [2.45, 2.75) is 64.1 Å². The number of imidazole rings is 1. The van der Waals surface area contributed by atoms with Crippen LogP contribution in [-0.4, -0.2) is 74.6 Å². The summed E-state index contributed by atoms with van der Waals surface area (Å²) in [4.78, 5) is 34.5. The van der Waals surface area contributed by atoms with Gasteiger partial charge < -0.3 is 29.4 Å². The van der Waals surface area contributed by atoms with Gasteiger partial charge in [-0.05, 0) is 62.3 Å². The maximum atomic E-state index is 13.7. The zero-order valence-electron chi connectivity index (χ0n) is 25.0. The molecule has 3 aliphatic rings. The molecule has 4 aromatic rings. The molecule has 42 heavy (non-hydrogen) atoms. The van der Waals surface area contributed by atoms with Crippen LogP contribution in [0, 0.1) is 5.92 Å². The minimum Gasteiger partial charge on any atom is -0.494 e. The van der Waals surface area contributed by atoms with Gasteiger partial charge >= 0.3 is 0 Å². The van der Waals surface area contributed by atoms with E-state index in [2.05, 4.69) is 40.3 Å². The van der Waals surface area contributed by atoms with Crippen molar-refractivity contribution in [3.05, 3.63) is 47.5 Å². The zero-order valence-corrected chi connectivity index (χ0v) is 25.0. The largest absolute Gasteiger partial charge is 0.494 e. The van der Waals surface area contributed by atoms with Crippen LogP contribution in [0.4, 0.5) is 0 Å². The van der Waals surface area contributed by atoms with Gasteiger partial charge in [0.2, 0.25) is 5.91 Å². The van der Waals surface area contributed by atoms with Crippen LogP contribution in [0.15, 0.2) is 36.4 Å². The van der Waals surface area contributed by atoms with E-state index in [1.54, 1.807) is 14.0 Å². The van der Waals surface area contributed by atoms with Crippen LogP contribution in [0.25, 0.3) is 33.5 Å². The van der Waals surface area contributed by atoms with Crippen LogP contribution in [0.2, 0.25) is 0 Å². The Bertz CT molecular complexity index is 1710. The molecule has 2 N–H and O–H groups in total. The van der Waals surface area contributed by atoms with Crippen molar-refractivity contribution in [3.8, 4) is 17.3 Å². The molecule has 9 heteroatoms. The van der Waals surface area contributed by atoms with Gasteiger partial charge in [0.15, 0.2) is 5.82 Å². The monoisotopic (exact) mass is 568 g/mol. The number of aryl methyl sites for hydroxylation is 1. The molecule has 3 fully saturated rings. The maximum Gasteiger partial charge on any atom is 0.254 e. The van der Waals surface area contributed by atoms with E-state index < -0.39 is 0 Å². The van der Waals surface area contributed by atoms with Gasteiger partial charge in [-0.1, -0.05) is 18.2 Å². The summed E-state index contributed by atoms with van der Waals surface area (Å²) in [5.41, 5.74) is 12.0. The number of hydrogen-bond donors (Lipinski definition) is 1. The number of benzene rings is 2. The molecule has 0 bridgehead atoms. The average Bonchev–Trinajstić information content (AvgIpc) is 3.61. The second kappa shape index (κ2) is 10.2. The highest BCUT2D eigenvalue weighted by Gasteiger charge is 2.34. The molecule has 1 saturated carbocycles. The number of hydrogen-bond acceptors (Lipinski definition) is 5. The third kappa shape index (κ3) is 4.45. The molecular weight excluding hydrogens is 528 g/mol. The molecule has 1 aliphatic carbocycles. The molecule has 220 valence electrons. The molecular formula is C33H40N6O3. The third-order valence-corrected chi connectivity index (χ3v) is 9.67. The van der Waals surface area contributed by atoms with Crippen LogP contribution >= 0.6 is 0 Å². The Morgan fingerprint density at radius 1 is 1.05 bits per heavy atom. The number of likely N-dealkylation sites (tertiary alicyclic amines) is 2. The maximum absolute atomic E-state index is 13.7. The first-order valence-electron chi connectivity index (χ1n) is 15.2. The fourth-order valence-corrected chi connectivity index (χ4v) is 6.95. The van der Waals surface area contributed by atoms with Crippen LogP contribution in [0.3, 0.4) is 0 Å². The fraction of sp³-hybridized carbons (Fsp3) is 0.485. The zero-order chi connectivity index (χ0) is 29.3. The van der Waals surface area contributed by atoms with E-state index in [4.69, 9.17) is 15.5 Å². The summed E-state index contributed by atoms with van der Waals surface area (Å²) in [7, 11) is 3.67. The Labute approximate surface area is 246 Å². The van der Waals surface area contributed by atoms with Crippen LogP contribution < -0.4 is 10.5 Å². The number of carbonyl (C=O) groups excluding carboxylic acids is 2. The van der Waals surface area contributed by atoms with E-state index in [-0.39, 0.29) is 23.9 Å². The first-order chi connectivity index (χ1) is 20.2. The molecule has 0 spiro atoms. The molecule has 2 saturated heterocycles. The number of rotatable bonds is 6. The number of carbonyl (C=O) groups is 2. The SMILES string of the molecule is COc1cc(C(=O)N2C[C@H](N)CC[C@@H]2C)cc2nc(-c3cc4cccc(C5CN(C(C)=O)C5)c4n3CC3CC3)n(C)c12. The average molecular weight is 569 g/mol. The molecule has 0 radical (unpaired) electrons. The first kappa shape index (κ1) is 27.0. The third-order valence-electron chi connectivity index (χ3n) is 9.67. The molecule has 2 aromatic heterocycles. The summed E-state index contributed by atoms with van der Waals surface area (Å²) in [5.74, 6) is 2.58. The summed E-state index contributed by atoms with van der Waals surface area (Å²) in [5, 5.41) is 1.19. The topological polar surface area (TPSA) is 98.6 Å². The van der Waals surface area contributed by atoms with Crippen molar-refractivity contribution in [2.75, 3.05) is 26.7 Å². The van der Waals surface area contributed by atoms with E-state index in [0.29, 0.717) is 29.7 Å². The quantitative estimate of drug-likeness (QED) is 0.369. The Kier molecular flexibility index (Phi) is 6.53. The normalized spacial score (nSPS) is 21.3. The van der Waals surface area contributed by atoms with Gasteiger partial charge in [-0.25, -0.2) is 4.98 Å². The van der Waals surface area contributed by atoms with Gasteiger partial charge in [0.25, 0.3) is 5.91 Å². The molecule has 4 heterocycles. The number of nitrogens with zero attached hydrogens (tertiary/aromatic N) is 5. The van der Waals surface area contributed by atoms with Crippen molar-refractivity contribution in [2.24, 2.45) is 18.7 Å². The molecule has 0 unspecified atom stereocenters. The highest BCUT2D eigenvalue weighted by atomic mass is 16.5. The lowest BCUT2D eigenvalue weighted by molar-refractivity contribution is -0.133. The predicted octanol–water partition coefficient (Wildman–Crippen LogP) is 4.51. The van der Waals surface area contributed by atoms with Gasteiger partial charge in [0.05, 0.1) is 23.8 Å². The Morgan fingerprint density at radius 2 is 1.83 bits per heavy atom. The lowest BCUT2D eigenvalue weighted by atomic mass is 9.90. The first-order valence-corrected chi connectivity index (χ1v) is 15.2.